The van der Waals surface area contributed by atoms with Crippen LogP contribution in [0.1, 0.15) is 17.0 Å². The molecule has 2 aromatic rings. The minimum Gasteiger partial charge on any atom is -0.467 e. The largest absolute Gasteiger partial charge is 0.467 e. The second-order valence-corrected chi connectivity index (χ2v) is 3.93. The van der Waals surface area contributed by atoms with Gasteiger partial charge in [-0.1, -0.05) is 12.2 Å². The molecule has 0 atom stereocenters. The zero-order valence-electron chi connectivity index (χ0n) is 9.13. The van der Waals surface area contributed by atoms with Crippen molar-refractivity contribution < 1.29 is 9.15 Å². The molecule has 88 valence electrons. The molecule has 2 aromatic heterocycles. The number of pyridine rings is 1. The molecule has 2 rings (SSSR count). The molecule has 0 saturated heterocycles. The first-order valence-electron chi connectivity index (χ1n) is 5.10. The number of hydrogen-bond acceptors (Lipinski definition) is 4. The number of furan rings is 1. The Morgan fingerprint density at radius 3 is 3.00 bits per heavy atom. The molecular formula is C12H12N2O2S. The van der Waals surface area contributed by atoms with Gasteiger partial charge in [-0.15, -0.1) is 0 Å². The number of nitrogens with zero attached hydrogens (tertiary/aromatic N) is 1. The molecule has 0 radical (unpaired) electrons. The van der Waals surface area contributed by atoms with E-state index in [0.717, 1.165) is 11.3 Å². The summed E-state index contributed by atoms with van der Waals surface area (Å²) in [5, 5.41) is 0. The molecule has 17 heavy (non-hydrogen) atoms. The third kappa shape index (κ3) is 3.37. The van der Waals surface area contributed by atoms with Crippen LogP contribution in [-0.2, 0) is 18.0 Å². The Kier molecular flexibility index (Phi) is 3.85. The molecule has 2 heterocycles. The molecule has 0 aliphatic carbocycles. The molecular weight excluding hydrogens is 236 g/mol. The van der Waals surface area contributed by atoms with Crippen molar-refractivity contribution in [2.75, 3.05) is 0 Å². The van der Waals surface area contributed by atoms with Crippen molar-refractivity contribution in [2.45, 2.75) is 13.2 Å². The summed E-state index contributed by atoms with van der Waals surface area (Å²) in [6.07, 6.45) is 3.29. The maximum absolute atomic E-state index is 5.50. The lowest BCUT2D eigenvalue weighted by molar-refractivity contribution is 0.0929. The molecule has 0 bridgehead atoms. The normalized spacial score (nSPS) is 10.4. The fraction of sp³-hybridized carbons (Fsp3) is 0.167. The number of nitrogens with two attached hydrogens (primary N) is 1. The highest BCUT2D eigenvalue weighted by Gasteiger charge is 2.01. The van der Waals surface area contributed by atoms with Crippen molar-refractivity contribution in [3.05, 3.63) is 53.7 Å². The highest BCUT2D eigenvalue weighted by Crippen LogP contribution is 2.07. The Morgan fingerprint density at radius 1 is 1.41 bits per heavy atom. The number of rotatable bonds is 5. The van der Waals surface area contributed by atoms with Gasteiger partial charge in [0, 0.05) is 6.20 Å². The minimum atomic E-state index is 0.290. The standard InChI is InChI=1S/C12H12N2O2S/c13-12(17)11-6-9(3-4-14-11)7-15-8-10-2-1-5-16-10/h1-6H,7-8H2,(H2,13,17). The first-order chi connectivity index (χ1) is 8.25. The first kappa shape index (κ1) is 11.8. The summed E-state index contributed by atoms with van der Waals surface area (Å²) >= 11 is 4.86. The molecule has 0 aromatic carbocycles. The third-order valence-corrected chi connectivity index (χ3v) is 2.38. The smallest absolute Gasteiger partial charge is 0.129 e. The summed E-state index contributed by atoms with van der Waals surface area (Å²) in [4.78, 5) is 4.35. The SMILES string of the molecule is NC(=S)c1cc(COCc2ccco2)ccn1. The molecule has 0 aliphatic rings. The molecule has 0 amide bonds. The number of thiocarbonyl (C=S) groups is 1. The summed E-state index contributed by atoms with van der Waals surface area (Å²) in [7, 11) is 0. The van der Waals surface area contributed by atoms with Crippen molar-refractivity contribution in [3.8, 4) is 0 Å². The van der Waals surface area contributed by atoms with Gasteiger partial charge in [0.2, 0.25) is 0 Å². The fourth-order valence-corrected chi connectivity index (χ4v) is 1.47. The van der Waals surface area contributed by atoms with Crippen molar-refractivity contribution in [1.29, 1.82) is 0 Å². The Labute approximate surface area is 104 Å². The van der Waals surface area contributed by atoms with E-state index >= 15 is 0 Å². The zero-order chi connectivity index (χ0) is 12.1. The predicted molar refractivity (Wildman–Crippen MR) is 67.3 cm³/mol. The van der Waals surface area contributed by atoms with E-state index < -0.39 is 0 Å². The van der Waals surface area contributed by atoms with Gasteiger partial charge in [-0.3, -0.25) is 4.98 Å². The summed E-state index contributed by atoms with van der Waals surface area (Å²) in [6, 6.07) is 7.39. The fourth-order valence-electron chi connectivity index (χ4n) is 1.36. The van der Waals surface area contributed by atoms with Crippen molar-refractivity contribution in [3.63, 3.8) is 0 Å². The van der Waals surface area contributed by atoms with Crippen LogP contribution < -0.4 is 5.73 Å². The van der Waals surface area contributed by atoms with Gasteiger partial charge in [-0.25, -0.2) is 0 Å². The van der Waals surface area contributed by atoms with E-state index in [1.54, 1.807) is 12.5 Å². The molecule has 0 saturated carbocycles. The van der Waals surface area contributed by atoms with Crippen LogP contribution in [0.3, 0.4) is 0 Å². The van der Waals surface area contributed by atoms with Gasteiger partial charge in [0.25, 0.3) is 0 Å². The minimum absolute atomic E-state index is 0.290. The predicted octanol–water partition coefficient (Wildman–Crippen LogP) is 2.03. The van der Waals surface area contributed by atoms with Crippen LogP contribution in [0, 0.1) is 0 Å². The molecule has 4 nitrogen and oxygen atoms in total. The van der Waals surface area contributed by atoms with Gasteiger partial charge < -0.3 is 14.9 Å². The van der Waals surface area contributed by atoms with Crippen LogP contribution in [0.4, 0.5) is 0 Å². The molecule has 0 aliphatic heterocycles. The van der Waals surface area contributed by atoms with Crippen LogP contribution in [0.15, 0.2) is 41.1 Å². The Balaban J connectivity index is 1.90. The number of ether oxygens (including phenoxy) is 1. The van der Waals surface area contributed by atoms with Crippen LogP contribution in [0.2, 0.25) is 0 Å². The van der Waals surface area contributed by atoms with Crippen molar-refractivity contribution in [1.82, 2.24) is 4.98 Å². The average molecular weight is 248 g/mol. The Hall–Kier alpha value is -1.72. The van der Waals surface area contributed by atoms with Gasteiger partial charge in [0.05, 0.1) is 18.6 Å². The van der Waals surface area contributed by atoms with Crippen LogP contribution in [0.5, 0.6) is 0 Å². The summed E-state index contributed by atoms with van der Waals surface area (Å²) in [5.41, 5.74) is 7.09. The van der Waals surface area contributed by atoms with Crippen LogP contribution in [0.25, 0.3) is 0 Å². The summed E-state index contributed by atoms with van der Waals surface area (Å²) in [6.45, 7) is 0.913. The van der Waals surface area contributed by atoms with Crippen LogP contribution >= 0.6 is 12.2 Å². The van der Waals surface area contributed by atoms with Gasteiger partial charge in [-0.05, 0) is 29.8 Å². The summed E-state index contributed by atoms with van der Waals surface area (Å²) in [5.74, 6) is 0.800. The van der Waals surface area contributed by atoms with Gasteiger partial charge >= 0.3 is 0 Å². The van der Waals surface area contributed by atoms with E-state index in [1.165, 1.54) is 0 Å². The average Bonchev–Trinajstić information content (AvgIpc) is 2.82. The quantitative estimate of drug-likeness (QED) is 0.820. The van der Waals surface area contributed by atoms with E-state index in [4.69, 9.17) is 27.1 Å². The molecule has 0 unspecified atom stereocenters. The second kappa shape index (κ2) is 5.56. The second-order valence-electron chi connectivity index (χ2n) is 3.49. The van der Waals surface area contributed by atoms with E-state index in [0.29, 0.717) is 18.9 Å². The molecule has 2 N–H and O–H groups in total. The van der Waals surface area contributed by atoms with E-state index in [9.17, 15) is 0 Å². The highest BCUT2D eigenvalue weighted by molar-refractivity contribution is 7.80. The van der Waals surface area contributed by atoms with Crippen molar-refractivity contribution in [2.24, 2.45) is 5.73 Å². The maximum atomic E-state index is 5.50. The number of aromatic nitrogens is 1. The third-order valence-electron chi connectivity index (χ3n) is 2.17. The topological polar surface area (TPSA) is 61.3 Å². The highest BCUT2D eigenvalue weighted by atomic mass is 32.1. The lowest BCUT2D eigenvalue weighted by Crippen LogP contribution is -2.11. The lowest BCUT2D eigenvalue weighted by atomic mass is 10.2. The lowest BCUT2D eigenvalue weighted by Gasteiger charge is -2.04. The van der Waals surface area contributed by atoms with E-state index in [2.05, 4.69) is 4.98 Å². The van der Waals surface area contributed by atoms with Gasteiger partial charge in [0.15, 0.2) is 0 Å². The van der Waals surface area contributed by atoms with Gasteiger partial charge in [0.1, 0.15) is 17.4 Å². The molecule has 0 fully saturated rings. The number of hydrogen-bond donors (Lipinski definition) is 1. The van der Waals surface area contributed by atoms with Gasteiger partial charge in [-0.2, -0.15) is 0 Å². The first-order valence-corrected chi connectivity index (χ1v) is 5.51. The van der Waals surface area contributed by atoms with E-state index in [-0.39, 0.29) is 4.99 Å². The summed E-state index contributed by atoms with van der Waals surface area (Å²) < 4.78 is 10.6. The Bertz CT molecular complexity index is 497. The monoisotopic (exact) mass is 248 g/mol. The Morgan fingerprint density at radius 2 is 2.29 bits per heavy atom. The molecule has 5 heteroatoms. The molecule has 0 spiro atoms. The zero-order valence-corrected chi connectivity index (χ0v) is 9.94. The van der Waals surface area contributed by atoms with Crippen LogP contribution in [-0.4, -0.2) is 9.97 Å². The van der Waals surface area contributed by atoms with E-state index in [1.807, 2.05) is 24.3 Å². The maximum Gasteiger partial charge on any atom is 0.129 e. The van der Waals surface area contributed by atoms with Crippen molar-refractivity contribution >= 4 is 17.2 Å².